The second-order valence-electron chi connectivity index (χ2n) is 7.18. The maximum Gasteiger partial charge on any atom is 0.256 e. The van der Waals surface area contributed by atoms with E-state index in [2.05, 4.69) is 20.6 Å². The van der Waals surface area contributed by atoms with Crippen molar-refractivity contribution in [2.45, 2.75) is 6.04 Å². The molecule has 9 nitrogen and oxygen atoms in total. The van der Waals surface area contributed by atoms with Gasteiger partial charge in [-0.3, -0.25) is 9.20 Å². The lowest BCUT2D eigenvalue weighted by atomic mass is 10.1. The Morgan fingerprint density at radius 3 is 2.77 bits per heavy atom. The lowest BCUT2D eigenvalue weighted by Gasteiger charge is -2.22. The lowest BCUT2D eigenvalue weighted by Crippen LogP contribution is -2.35. The fourth-order valence-electron chi connectivity index (χ4n) is 3.67. The Hall–Kier alpha value is -3.82. The molecule has 31 heavy (non-hydrogen) atoms. The van der Waals surface area contributed by atoms with Crippen molar-refractivity contribution < 1.29 is 9.53 Å². The number of ether oxygens (including phenoxy) is 1. The third-order valence-corrected chi connectivity index (χ3v) is 5.17. The number of aromatic nitrogens is 4. The molecule has 0 saturated carbocycles. The maximum absolute atomic E-state index is 12.5. The van der Waals surface area contributed by atoms with Crippen molar-refractivity contribution in [3.05, 3.63) is 72.4 Å². The van der Waals surface area contributed by atoms with E-state index in [1.807, 2.05) is 28.8 Å². The minimum Gasteiger partial charge on any atom is -0.382 e. The van der Waals surface area contributed by atoms with Gasteiger partial charge in [-0.1, -0.05) is 18.2 Å². The van der Waals surface area contributed by atoms with E-state index < -0.39 is 0 Å². The number of nitrogens with two attached hydrogens (primary N) is 1. The Morgan fingerprint density at radius 1 is 1.16 bits per heavy atom. The van der Waals surface area contributed by atoms with Gasteiger partial charge in [0, 0.05) is 36.3 Å². The van der Waals surface area contributed by atoms with E-state index >= 15 is 0 Å². The first-order valence-corrected chi connectivity index (χ1v) is 9.97. The number of carbonyl (C=O) groups excluding carboxylic acids is 1. The first-order chi connectivity index (χ1) is 15.2. The average molecular weight is 415 g/mol. The Morgan fingerprint density at radius 2 is 2.03 bits per heavy atom. The van der Waals surface area contributed by atoms with Crippen LogP contribution in [0.1, 0.15) is 22.2 Å². The summed E-state index contributed by atoms with van der Waals surface area (Å²) in [7, 11) is 0. The summed E-state index contributed by atoms with van der Waals surface area (Å²) in [6.45, 7) is 1.97. The smallest absolute Gasteiger partial charge is 0.256 e. The molecule has 1 atom stereocenters. The number of pyridine rings is 1. The van der Waals surface area contributed by atoms with E-state index in [1.165, 1.54) is 0 Å². The third kappa shape index (κ3) is 3.72. The fraction of sp³-hybridized carbons (Fsp3) is 0.182. The highest BCUT2D eigenvalue weighted by Gasteiger charge is 2.24. The highest BCUT2D eigenvalue weighted by Crippen LogP contribution is 2.30. The molecule has 0 aliphatic carbocycles. The molecule has 1 saturated heterocycles. The van der Waals surface area contributed by atoms with Gasteiger partial charge in [-0.25, -0.2) is 15.0 Å². The van der Waals surface area contributed by atoms with Crippen molar-refractivity contribution in [1.82, 2.24) is 24.7 Å². The number of nitrogens with one attached hydrogen (secondary N) is 2. The van der Waals surface area contributed by atoms with Crippen LogP contribution < -0.4 is 16.4 Å². The summed E-state index contributed by atoms with van der Waals surface area (Å²) in [6.07, 6.45) is 5.14. The van der Waals surface area contributed by atoms with E-state index in [0.717, 1.165) is 23.4 Å². The quantitative estimate of drug-likeness (QED) is 0.468. The summed E-state index contributed by atoms with van der Waals surface area (Å²) in [5.74, 6) is 1.48. The van der Waals surface area contributed by atoms with Gasteiger partial charge in [0.15, 0.2) is 0 Å². The molecule has 1 fully saturated rings. The predicted octanol–water partition coefficient (Wildman–Crippen LogP) is 2.29. The van der Waals surface area contributed by atoms with Crippen LogP contribution in [0.15, 0.2) is 61.1 Å². The normalized spacial score (nSPS) is 16.3. The molecule has 5 rings (SSSR count). The number of rotatable bonds is 4. The van der Waals surface area contributed by atoms with E-state index in [9.17, 15) is 4.79 Å². The molecule has 4 aromatic rings. The van der Waals surface area contributed by atoms with Crippen LogP contribution in [-0.4, -0.2) is 45.0 Å². The van der Waals surface area contributed by atoms with E-state index in [-0.39, 0.29) is 11.9 Å². The molecule has 1 amide bonds. The molecule has 4 N–H and O–H groups in total. The van der Waals surface area contributed by atoms with Crippen molar-refractivity contribution in [3.63, 3.8) is 0 Å². The zero-order valence-corrected chi connectivity index (χ0v) is 16.7. The molecule has 4 heterocycles. The van der Waals surface area contributed by atoms with Crippen LogP contribution in [0.5, 0.6) is 0 Å². The van der Waals surface area contributed by atoms with E-state index in [4.69, 9.17) is 15.5 Å². The number of carbonyl (C=O) groups is 1. The number of hydrogen-bond acceptors (Lipinski definition) is 7. The summed E-state index contributed by atoms with van der Waals surface area (Å²) in [4.78, 5) is 25.7. The van der Waals surface area contributed by atoms with Crippen LogP contribution in [0, 0.1) is 0 Å². The van der Waals surface area contributed by atoms with Crippen LogP contribution in [0.4, 0.5) is 11.6 Å². The fourth-order valence-corrected chi connectivity index (χ4v) is 3.67. The monoisotopic (exact) mass is 415 g/mol. The van der Waals surface area contributed by atoms with Gasteiger partial charge >= 0.3 is 0 Å². The lowest BCUT2D eigenvalue weighted by molar-refractivity contribution is 0.0741. The molecule has 3 aromatic heterocycles. The molecule has 9 heteroatoms. The van der Waals surface area contributed by atoms with Crippen LogP contribution in [0.3, 0.4) is 0 Å². The number of imidazole rings is 1. The van der Waals surface area contributed by atoms with E-state index in [1.54, 1.807) is 36.7 Å². The molecule has 0 spiro atoms. The number of morpholine rings is 1. The number of fused-ring (bicyclic) bond motifs is 1. The minimum absolute atomic E-state index is 0.0415. The summed E-state index contributed by atoms with van der Waals surface area (Å²) in [5, 5.41) is 6.21. The number of nitrogens with zero attached hydrogens (tertiary/aromatic N) is 4. The van der Waals surface area contributed by atoms with E-state index in [0.29, 0.717) is 36.1 Å². The van der Waals surface area contributed by atoms with Gasteiger partial charge in [-0.2, -0.15) is 0 Å². The first kappa shape index (κ1) is 19.2. The highest BCUT2D eigenvalue weighted by molar-refractivity contribution is 6.04. The predicted molar refractivity (Wildman–Crippen MR) is 117 cm³/mol. The maximum atomic E-state index is 12.5. The van der Waals surface area contributed by atoms with Crippen LogP contribution >= 0.6 is 0 Å². The number of nitrogen functional groups attached to an aromatic ring is 1. The molecule has 1 aromatic carbocycles. The zero-order chi connectivity index (χ0) is 21.2. The Balaban J connectivity index is 1.48. The molecule has 1 unspecified atom stereocenters. The summed E-state index contributed by atoms with van der Waals surface area (Å²) in [5.41, 5.74) is 9.01. The molecule has 0 radical (unpaired) electrons. The van der Waals surface area contributed by atoms with Crippen molar-refractivity contribution in [3.8, 4) is 11.3 Å². The van der Waals surface area contributed by atoms with Gasteiger partial charge in [-0.15, -0.1) is 0 Å². The van der Waals surface area contributed by atoms with Crippen molar-refractivity contribution in [2.24, 2.45) is 0 Å². The van der Waals surface area contributed by atoms with Crippen molar-refractivity contribution in [1.29, 1.82) is 0 Å². The van der Waals surface area contributed by atoms with Gasteiger partial charge < -0.3 is 21.1 Å². The standard InChI is InChI=1S/C22H21N7O2/c23-20-19-18(28-21(29(19)11-9-26-20)16-13-31-12-10-24-16)14-4-6-15(7-5-14)22(30)27-17-3-1-2-8-25-17/h1-9,11,16,24H,10,12-13H2,(H2,23,26)(H,25,27,30). The van der Waals surface area contributed by atoms with Gasteiger partial charge in [0.25, 0.3) is 5.91 Å². The Labute approximate surface area is 178 Å². The number of benzene rings is 1. The molecule has 0 bridgehead atoms. The van der Waals surface area contributed by atoms with Gasteiger partial charge in [0.1, 0.15) is 28.7 Å². The second kappa shape index (κ2) is 8.13. The van der Waals surface area contributed by atoms with Crippen molar-refractivity contribution >= 4 is 23.1 Å². The number of amides is 1. The molecular formula is C22H21N7O2. The second-order valence-corrected chi connectivity index (χ2v) is 7.18. The van der Waals surface area contributed by atoms with Gasteiger partial charge in [0.2, 0.25) is 0 Å². The zero-order valence-electron chi connectivity index (χ0n) is 16.7. The van der Waals surface area contributed by atoms with Gasteiger partial charge in [-0.05, 0) is 24.3 Å². The first-order valence-electron chi connectivity index (χ1n) is 9.97. The molecule has 156 valence electrons. The minimum atomic E-state index is -0.231. The summed E-state index contributed by atoms with van der Waals surface area (Å²) >= 11 is 0. The average Bonchev–Trinajstić information content (AvgIpc) is 3.21. The van der Waals surface area contributed by atoms with Crippen LogP contribution in [0.2, 0.25) is 0 Å². The third-order valence-electron chi connectivity index (χ3n) is 5.17. The summed E-state index contributed by atoms with van der Waals surface area (Å²) < 4.78 is 7.56. The molecule has 1 aliphatic rings. The topological polar surface area (TPSA) is 119 Å². The van der Waals surface area contributed by atoms with Crippen molar-refractivity contribution in [2.75, 3.05) is 30.8 Å². The Bertz CT molecular complexity index is 1220. The molecule has 1 aliphatic heterocycles. The van der Waals surface area contributed by atoms with Crippen LogP contribution in [-0.2, 0) is 4.74 Å². The SMILES string of the molecule is Nc1nccn2c(C3COCCN3)nc(-c3ccc(C(=O)Nc4ccccn4)cc3)c12. The number of anilines is 2. The Kier molecular flexibility index (Phi) is 5.03. The highest BCUT2D eigenvalue weighted by atomic mass is 16.5. The number of hydrogen-bond donors (Lipinski definition) is 3. The van der Waals surface area contributed by atoms with Gasteiger partial charge in [0.05, 0.1) is 19.3 Å². The summed E-state index contributed by atoms with van der Waals surface area (Å²) in [6, 6.07) is 12.5. The molecular weight excluding hydrogens is 394 g/mol. The van der Waals surface area contributed by atoms with Crippen LogP contribution in [0.25, 0.3) is 16.8 Å². The largest absolute Gasteiger partial charge is 0.382 e.